The van der Waals surface area contributed by atoms with Gasteiger partial charge in [0, 0.05) is 0 Å². The summed E-state index contributed by atoms with van der Waals surface area (Å²) in [6, 6.07) is 8.18. The van der Waals surface area contributed by atoms with Crippen molar-refractivity contribution in [3.05, 3.63) is 35.4 Å². The van der Waals surface area contributed by atoms with Crippen LogP contribution in [0.4, 0.5) is 0 Å². The molecule has 0 aromatic heterocycles. The molecule has 0 unspecified atom stereocenters. The molecule has 0 aliphatic carbocycles. The van der Waals surface area contributed by atoms with Gasteiger partial charge in [0.05, 0.1) is 0 Å². The Bertz CT molecular complexity index is 217. The van der Waals surface area contributed by atoms with Crippen LogP contribution in [0.1, 0.15) is 38.8 Å². The van der Waals surface area contributed by atoms with Crippen LogP contribution in [0, 0.1) is 6.92 Å². The van der Waals surface area contributed by atoms with Gasteiger partial charge in [0.25, 0.3) is 0 Å². The second kappa shape index (κ2) is 19.4. The second-order valence-corrected chi connectivity index (χ2v) is 2.33. The predicted octanol–water partition coefficient (Wildman–Crippen LogP) is 2.33. The SMILES string of the molecule is CC.CC.CN.Cc1ccc(CN=[NH2+])cc1. The lowest BCUT2D eigenvalue weighted by Gasteiger charge is -1.92. The predicted molar refractivity (Wildman–Crippen MR) is 72.0 cm³/mol. The number of nitrogens with zero attached hydrogens (tertiary/aromatic N) is 1. The summed E-state index contributed by atoms with van der Waals surface area (Å²) < 4.78 is 0. The van der Waals surface area contributed by atoms with E-state index < -0.39 is 0 Å². The average molecular weight is 226 g/mol. The molecule has 0 atom stereocenters. The minimum absolute atomic E-state index is 0.611. The first-order valence-electron chi connectivity index (χ1n) is 5.83. The molecule has 94 valence electrons. The van der Waals surface area contributed by atoms with Gasteiger partial charge in [-0.25, -0.2) is 0 Å². The summed E-state index contributed by atoms with van der Waals surface area (Å²) in [5, 5.41) is 3.54. The maximum absolute atomic E-state index is 5.02. The van der Waals surface area contributed by atoms with E-state index in [0.29, 0.717) is 6.54 Å². The molecule has 0 aliphatic rings. The fourth-order valence-corrected chi connectivity index (χ4v) is 0.799. The molecule has 3 nitrogen and oxygen atoms in total. The van der Waals surface area contributed by atoms with Crippen molar-refractivity contribution >= 4 is 0 Å². The largest absolute Gasteiger partial charge is 0.333 e. The van der Waals surface area contributed by atoms with Crippen LogP contribution < -0.4 is 11.3 Å². The highest BCUT2D eigenvalue weighted by Crippen LogP contribution is 2.02. The molecule has 1 aromatic rings. The number of benzene rings is 1. The first kappa shape index (κ1) is 20.2. The molecule has 0 saturated carbocycles. The lowest BCUT2D eigenvalue weighted by atomic mass is 10.2. The Kier molecular flexibility index (Phi) is 24.5. The highest BCUT2D eigenvalue weighted by molar-refractivity contribution is 5.20. The highest BCUT2D eigenvalue weighted by atomic mass is 14.9. The Morgan fingerprint density at radius 2 is 1.38 bits per heavy atom. The normalized spacial score (nSPS) is 6.94. The Balaban J connectivity index is -0.000000245. The van der Waals surface area contributed by atoms with Gasteiger partial charge in [0.15, 0.2) is 0 Å². The summed E-state index contributed by atoms with van der Waals surface area (Å²) in [7, 11) is 1.50. The third-order valence-corrected chi connectivity index (χ3v) is 1.39. The van der Waals surface area contributed by atoms with Crippen LogP contribution in [-0.2, 0) is 6.54 Å². The van der Waals surface area contributed by atoms with Gasteiger partial charge in [0.1, 0.15) is 6.54 Å². The number of hydrogen-bond donors (Lipinski definition) is 2. The zero-order chi connectivity index (χ0) is 13.4. The molecule has 3 heteroatoms. The molecule has 0 spiro atoms. The lowest BCUT2D eigenvalue weighted by Crippen LogP contribution is -2.23. The molecule has 4 N–H and O–H groups in total. The third kappa shape index (κ3) is 12.8. The van der Waals surface area contributed by atoms with Crippen LogP contribution in [0.15, 0.2) is 29.4 Å². The van der Waals surface area contributed by atoms with Crippen LogP contribution in [-0.4, -0.2) is 7.05 Å². The Labute approximate surface area is 101 Å². The summed E-state index contributed by atoms with van der Waals surface area (Å²) in [5.74, 6) is 0. The van der Waals surface area contributed by atoms with Crippen molar-refractivity contribution in [2.75, 3.05) is 7.05 Å². The van der Waals surface area contributed by atoms with Gasteiger partial charge in [-0.05, 0) is 24.6 Å². The van der Waals surface area contributed by atoms with E-state index in [0.717, 1.165) is 5.56 Å². The van der Waals surface area contributed by atoms with Crippen LogP contribution >= 0.6 is 0 Å². The number of aryl methyl sites for hydroxylation is 1. The minimum Gasteiger partial charge on any atom is -0.333 e. The molecule has 0 heterocycles. The van der Waals surface area contributed by atoms with Crippen LogP contribution in [0.25, 0.3) is 0 Å². The number of hydrogen-bond acceptors (Lipinski definition) is 2. The highest BCUT2D eigenvalue weighted by Gasteiger charge is 1.89. The smallest absolute Gasteiger partial charge is 0.126 e. The van der Waals surface area contributed by atoms with Gasteiger partial charge in [-0.1, -0.05) is 57.5 Å². The summed E-state index contributed by atoms with van der Waals surface area (Å²) in [6.45, 7) is 10.7. The zero-order valence-corrected chi connectivity index (χ0v) is 11.6. The third-order valence-electron chi connectivity index (χ3n) is 1.39. The number of nitrogens with two attached hydrogens (primary N) is 2. The van der Waals surface area contributed by atoms with Crippen molar-refractivity contribution in [2.45, 2.75) is 41.2 Å². The molecule has 1 aromatic carbocycles. The van der Waals surface area contributed by atoms with E-state index in [9.17, 15) is 0 Å². The van der Waals surface area contributed by atoms with Crippen LogP contribution in [0.5, 0.6) is 0 Å². The Morgan fingerprint density at radius 1 is 1.00 bits per heavy atom. The summed E-state index contributed by atoms with van der Waals surface area (Å²) >= 11 is 0. The van der Waals surface area contributed by atoms with Crippen LogP contribution in [0.3, 0.4) is 0 Å². The number of rotatable bonds is 2. The van der Waals surface area contributed by atoms with Crippen molar-refractivity contribution in [1.29, 1.82) is 0 Å². The minimum atomic E-state index is 0.611. The van der Waals surface area contributed by atoms with Gasteiger partial charge >= 0.3 is 0 Å². The molecule has 0 amide bonds. The van der Waals surface area contributed by atoms with E-state index in [2.05, 4.69) is 29.9 Å². The molecule has 16 heavy (non-hydrogen) atoms. The molecule has 0 fully saturated rings. The van der Waals surface area contributed by atoms with Gasteiger partial charge in [-0.3, -0.25) is 0 Å². The fourth-order valence-electron chi connectivity index (χ4n) is 0.799. The molecule has 0 saturated heterocycles. The van der Waals surface area contributed by atoms with Gasteiger partial charge in [0.2, 0.25) is 0 Å². The second-order valence-electron chi connectivity index (χ2n) is 2.33. The van der Waals surface area contributed by atoms with Crippen molar-refractivity contribution in [2.24, 2.45) is 10.8 Å². The first-order chi connectivity index (χ1) is 7.83. The van der Waals surface area contributed by atoms with E-state index >= 15 is 0 Å². The van der Waals surface area contributed by atoms with Crippen molar-refractivity contribution in [3.63, 3.8) is 0 Å². The van der Waals surface area contributed by atoms with E-state index in [1.54, 1.807) is 0 Å². The molecular formula is C13H28N3+. The average Bonchev–Trinajstić information content (AvgIpc) is 2.40. The quantitative estimate of drug-likeness (QED) is 0.747. The summed E-state index contributed by atoms with van der Waals surface area (Å²) in [4.78, 5) is 0. The Hall–Kier alpha value is -1.22. The molecule has 0 radical (unpaired) electrons. The zero-order valence-electron chi connectivity index (χ0n) is 11.6. The molecule has 1 rings (SSSR count). The van der Waals surface area contributed by atoms with Crippen LogP contribution in [0.2, 0.25) is 0 Å². The maximum Gasteiger partial charge on any atom is 0.126 e. The van der Waals surface area contributed by atoms with E-state index in [4.69, 9.17) is 5.53 Å². The first-order valence-corrected chi connectivity index (χ1v) is 5.83. The van der Waals surface area contributed by atoms with Gasteiger partial charge < -0.3 is 5.73 Å². The molecule has 0 bridgehead atoms. The van der Waals surface area contributed by atoms with E-state index in [-0.39, 0.29) is 0 Å². The monoisotopic (exact) mass is 226 g/mol. The Morgan fingerprint density at radius 3 is 1.69 bits per heavy atom. The molecule has 0 aliphatic heterocycles. The maximum atomic E-state index is 5.02. The van der Waals surface area contributed by atoms with Gasteiger partial charge in [-0.15, -0.1) is 0 Å². The topological polar surface area (TPSA) is 64.0 Å². The standard InChI is InChI=1S/C8H10N2.2C2H6.CH5N/c1-7-2-4-8(5-3-7)6-10-9;3*1-2/h2-5,9H,6H2,1H3;2*1-2H3;2H2,1H3/p+1. The summed E-state index contributed by atoms with van der Waals surface area (Å²) in [6.07, 6.45) is 0. The lowest BCUT2D eigenvalue weighted by molar-refractivity contribution is -0.223. The fraction of sp³-hybridized carbons (Fsp3) is 0.538. The van der Waals surface area contributed by atoms with Gasteiger partial charge in [-0.2, -0.15) is 5.53 Å². The van der Waals surface area contributed by atoms with Crippen molar-refractivity contribution < 1.29 is 5.53 Å². The van der Waals surface area contributed by atoms with Crippen molar-refractivity contribution in [1.82, 2.24) is 0 Å². The molecular weight excluding hydrogens is 198 g/mol. The van der Waals surface area contributed by atoms with E-state index in [1.165, 1.54) is 12.6 Å². The van der Waals surface area contributed by atoms with Crippen molar-refractivity contribution in [3.8, 4) is 0 Å². The van der Waals surface area contributed by atoms with E-state index in [1.807, 2.05) is 39.8 Å². The summed E-state index contributed by atoms with van der Waals surface area (Å²) in [5.41, 5.74) is 11.9.